The SMILES string of the molecule is CCc1nc(Cc2ccc(OC)c(C)c2)sc1C(=O)O. The van der Waals surface area contributed by atoms with E-state index in [1.54, 1.807) is 7.11 Å². The first-order valence-corrected chi connectivity index (χ1v) is 7.22. The molecule has 1 aromatic heterocycles. The Balaban J connectivity index is 2.26. The van der Waals surface area contributed by atoms with Crippen molar-refractivity contribution in [2.24, 2.45) is 0 Å². The minimum Gasteiger partial charge on any atom is -0.496 e. The highest BCUT2D eigenvalue weighted by Gasteiger charge is 2.16. The molecule has 4 nitrogen and oxygen atoms in total. The molecule has 1 aromatic carbocycles. The van der Waals surface area contributed by atoms with Crippen LogP contribution in [0.25, 0.3) is 0 Å². The summed E-state index contributed by atoms with van der Waals surface area (Å²) in [5, 5.41) is 9.98. The van der Waals surface area contributed by atoms with Crippen molar-refractivity contribution < 1.29 is 14.6 Å². The van der Waals surface area contributed by atoms with Crippen LogP contribution in [0.5, 0.6) is 5.75 Å². The average molecular weight is 291 g/mol. The lowest BCUT2D eigenvalue weighted by Crippen LogP contribution is -1.97. The topological polar surface area (TPSA) is 59.4 Å². The van der Waals surface area contributed by atoms with Crippen LogP contribution in [0.4, 0.5) is 0 Å². The Morgan fingerprint density at radius 1 is 1.45 bits per heavy atom. The highest BCUT2D eigenvalue weighted by molar-refractivity contribution is 7.13. The standard InChI is InChI=1S/C15H17NO3S/c1-4-11-14(15(17)18)20-13(16-11)8-10-5-6-12(19-3)9(2)7-10/h5-7H,4,8H2,1-3H3,(H,17,18). The number of benzene rings is 1. The van der Waals surface area contributed by atoms with Crippen molar-refractivity contribution in [3.8, 4) is 5.75 Å². The summed E-state index contributed by atoms with van der Waals surface area (Å²) in [6.07, 6.45) is 1.29. The number of carboxylic acids is 1. The van der Waals surface area contributed by atoms with Gasteiger partial charge in [-0.1, -0.05) is 19.1 Å². The normalized spacial score (nSPS) is 10.6. The number of carbonyl (C=O) groups is 1. The van der Waals surface area contributed by atoms with E-state index in [4.69, 9.17) is 9.84 Å². The molecular formula is C15H17NO3S. The Morgan fingerprint density at radius 3 is 2.70 bits per heavy atom. The molecule has 0 bridgehead atoms. The zero-order valence-corrected chi connectivity index (χ0v) is 12.6. The van der Waals surface area contributed by atoms with Gasteiger partial charge in [-0.2, -0.15) is 0 Å². The second-order valence-corrected chi connectivity index (χ2v) is 5.61. The summed E-state index contributed by atoms with van der Waals surface area (Å²) < 4.78 is 5.23. The smallest absolute Gasteiger partial charge is 0.347 e. The molecule has 0 saturated heterocycles. The molecule has 0 spiro atoms. The quantitative estimate of drug-likeness (QED) is 0.918. The van der Waals surface area contributed by atoms with Gasteiger partial charge >= 0.3 is 5.97 Å². The molecule has 1 heterocycles. The van der Waals surface area contributed by atoms with Gasteiger partial charge in [-0.05, 0) is 30.5 Å². The number of ether oxygens (including phenoxy) is 1. The van der Waals surface area contributed by atoms with E-state index in [1.165, 1.54) is 11.3 Å². The highest BCUT2D eigenvalue weighted by atomic mass is 32.1. The van der Waals surface area contributed by atoms with E-state index < -0.39 is 5.97 Å². The molecule has 20 heavy (non-hydrogen) atoms. The van der Waals surface area contributed by atoms with Gasteiger partial charge in [0.2, 0.25) is 0 Å². The van der Waals surface area contributed by atoms with E-state index in [9.17, 15) is 4.79 Å². The third-order valence-corrected chi connectivity index (χ3v) is 4.17. The Morgan fingerprint density at radius 2 is 2.20 bits per heavy atom. The number of aromatic nitrogens is 1. The molecule has 2 aromatic rings. The number of hydrogen-bond donors (Lipinski definition) is 1. The minimum atomic E-state index is -0.892. The third kappa shape index (κ3) is 2.99. The molecule has 5 heteroatoms. The Labute approximate surface area is 122 Å². The predicted octanol–water partition coefficient (Wildman–Crippen LogP) is 3.31. The molecule has 0 fully saturated rings. The number of methoxy groups -OCH3 is 1. The van der Waals surface area contributed by atoms with Gasteiger partial charge in [-0.15, -0.1) is 11.3 Å². The molecule has 0 amide bonds. The second-order valence-electron chi connectivity index (χ2n) is 4.52. The Hall–Kier alpha value is -1.88. The van der Waals surface area contributed by atoms with Gasteiger partial charge in [0, 0.05) is 6.42 Å². The number of aryl methyl sites for hydroxylation is 2. The number of nitrogens with zero attached hydrogens (tertiary/aromatic N) is 1. The van der Waals surface area contributed by atoms with E-state index in [2.05, 4.69) is 4.98 Å². The van der Waals surface area contributed by atoms with Crippen molar-refractivity contribution >= 4 is 17.3 Å². The third-order valence-electron chi connectivity index (χ3n) is 3.09. The maximum absolute atomic E-state index is 11.1. The largest absolute Gasteiger partial charge is 0.496 e. The van der Waals surface area contributed by atoms with Gasteiger partial charge in [0.25, 0.3) is 0 Å². The molecule has 0 radical (unpaired) electrons. The second kappa shape index (κ2) is 6.05. The van der Waals surface area contributed by atoms with Gasteiger partial charge in [0.05, 0.1) is 17.8 Å². The average Bonchev–Trinajstić information content (AvgIpc) is 2.82. The van der Waals surface area contributed by atoms with Gasteiger partial charge in [-0.3, -0.25) is 0 Å². The molecule has 1 N–H and O–H groups in total. The lowest BCUT2D eigenvalue weighted by Gasteiger charge is -2.06. The summed E-state index contributed by atoms with van der Waals surface area (Å²) >= 11 is 1.26. The van der Waals surface area contributed by atoms with Crippen LogP contribution >= 0.6 is 11.3 Å². The van der Waals surface area contributed by atoms with Gasteiger partial charge < -0.3 is 9.84 Å². The van der Waals surface area contributed by atoms with Crippen molar-refractivity contribution in [1.29, 1.82) is 0 Å². The summed E-state index contributed by atoms with van der Waals surface area (Å²) in [5.74, 6) is -0.0372. The van der Waals surface area contributed by atoms with Crippen LogP contribution in [-0.4, -0.2) is 23.2 Å². The van der Waals surface area contributed by atoms with Crippen molar-refractivity contribution in [3.63, 3.8) is 0 Å². The van der Waals surface area contributed by atoms with Gasteiger partial charge in [0.15, 0.2) is 0 Å². The van der Waals surface area contributed by atoms with E-state index in [0.29, 0.717) is 23.4 Å². The lowest BCUT2D eigenvalue weighted by molar-refractivity contribution is 0.0701. The monoisotopic (exact) mass is 291 g/mol. The number of aromatic carboxylic acids is 1. The maximum Gasteiger partial charge on any atom is 0.347 e. The van der Waals surface area contributed by atoms with E-state index >= 15 is 0 Å². The van der Waals surface area contributed by atoms with Crippen LogP contribution in [-0.2, 0) is 12.8 Å². The lowest BCUT2D eigenvalue weighted by atomic mass is 10.1. The molecule has 2 rings (SSSR count). The minimum absolute atomic E-state index is 0.354. The molecule has 106 valence electrons. The number of hydrogen-bond acceptors (Lipinski definition) is 4. The van der Waals surface area contributed by atoms with Crippen molar-refractivity contribution in [2.75, 3.05) is 7.11 Å². The number of rotatable bonds is 5. The number of carboxylic acid groups (broad SMARTS) is 1. The molecule has 0 saturated carbocycles. The highest BCUT2D eigenvalue weighted by Crippen LogP contribution is 2.24. The molecular weight excluding hydrogens is 274 g/mol. The first-order chi connectivity index (χ1) is 9.55. The van der Waals surface area contributed by atoms with Crippen molar-refractivity contribution in [2.45, 2.75) is 26.7 Å². The maximum atomic E-state index is 11.1. The van der Waals surface area contributed by atoms with Crippen LogP contribution in [0.2, 0.25) is 0 Å². The Bertz CT molecular complexity index is 634. The van der Waals surface area contributed by atoms with E-state index in [-0.39, 0.29) is 0 Å². The molecule has 0 aliphatic rings. The van der Waals surface area contributed by atoms with Crippen LogP contribution < -0.4 is 4.74 Å². The molecule has 0 aliphatic heterocycles. The summed E-state index contributed by atoms with van der Waals surface area (Å²) in [6.45, 7) is 3.91. The Kier molecular flexibility index (Phi) is 4.39. The molecule has 0 atom stereocenters. The van der Waals surface area contributed by atoms with Crippen LogP contribution in [0.15, 0.2) is 18.2 Å². The fourth-order valence-corrected chi connectivity index (χ4v) is 3.13. The van der Waals surface area contributed by atoms with Crippen molar-refractivity contribution in [3.05, 3.63) is 44.9 Å². The summed E-state index contributed by atoms with van der Waals surface area (Å²) in [5.41, 5.74) is 2.84. The predicted molar refractivity (Wildman–Crippen MR) is 79.0 cm³/mol. The molecule has 0 aliphatic carbocycles. The molecule has 0 unspecified atom stereocenters. The van der Waals surface area contributed by atoms with Crippen LogP contribution in [0, 0.1) is 6.92 Å². The van der Waals surface area contributed by atoms with Crippen LogP contribution in [0.1, 0.15) is 38.4 Å². The first kappa shape index (κ1) is 14.5. The van der Waals surface area contributed by atoms with Gasteiger partial charge in [0.1, 0.15) is 10.6 Å². The zero-order chi connectivity index (χ0) is 14.7. The summed E-state index contributed by atoms with van der Waals surface area (Å²) in [6, 6.07) is 5.96. The zero-order valence-electron chi connectivity index (χ0n) is 11.8. The van der Waals surface area contributed by atoms with Crippen LogP contribution in [0.3, 0.4) is 0 Å². The summed E-state index contributed by atoms with van der Waals surface area (Å²) in [4.78, 5) is 15.9. The summed E-state index contributed by atoms with van der Waals surface area (Å²) in [7, 11) is 1.65. The van der Waals surface area contributed by atoms with Gasteiger partial charge in [-0.25, -0.2) is 9.78 Å². The van der Waals surface area contributed by atoms with Crippen molar-refractivity contribution in [1.82, 2.24) is 4.98 Å². The first-order valence-electron chi connectivity index (χ1n) is 6.40. The van der Waals surface area contributed by atoms with E-state index in [0.717, 1.165) is 21.9 Å². The fraction of sp³-hybridized carbons (Fsp3) is 0.333. The fourth-order valence-electron chi connectivity index (χ4n) is 2.11. The number of thiazole rings is 1. The van der Waals surface area contributed by atoms with E-state index in [1.807, 2.05) is 32.0 Å².